The Balaban J connectivity index is 2.94. The minimum Gasteiger partial charge on any atom is -0.369 e. The fraction of sp³-hybridized carbons (Fsp3) is 0.182. The topological polar surface area (TPSA) is 86.2 Å². The lowest BCUT2D eigenvalue weighted by atomic mass is 10.1. The van der Waals surface area contributed by atoms with E-state index in [4.69, 9.17) is 5.73 Å². The van der Waals surface area contributed by atoms with Gasteiger partial charge in [0.05, 0.1) is 4.92 Å². The van der Waals surface area contributed by atoms with E-state index in [1.54, 1.807) is 18.2 Å². The number of nitro groups is 1. The summed E-state index contributed by atoms with van der Waals surface area (Å²) < 4.78 is 0. The molecular formula is C11H12N2O3. The number of primary amides is 1. The normalized spacial score (nSPS) is 10.6. The van der Waals surface area contributed by atoms with Gasteiger partial charge in [-0.15, -0.1) is 0 Å². The molecular weight excluding hydrogens is 208 g/mol. The average Bonchev–Trinajstić information content (AvgIpc) is 2.20. The molecule has 84 valence electrons. The molecule has 1 aromatic carbocycles. The number of hydrogen-bond donors (Lipinski definition) is 1. The zero-order valence-electron chi connectivity index (χ0n) is 8.84. The summed E-state index contributed by atoms with van der Waals surface area (Å²) in [6.07, 6.45) is 3.38. The third kappa shape index (κ3) is 3.20. The van der Waals surface area contributed by atoms with Crippen LogP contribution in [-0.4, -0.2) is 10.8 Å². The third-order valence-electron chi connectivity index (χ3n) is 2.09. The summed E-state index contributed by atoms with van der Waals surface area (Å²) >= 11 is 0. The number of carbonyl (C=O) groups excluding carboxylic acids is 1. The van der Waals surface area contributed by atoms with Crippen molar-refractivity contribution in [2.24, 2.45) is 5.73 Å². The summed E-state index contributed by atoms with van der Waals surface area (Å²) in [7, 11) is 0. The highest BCUT2D eigenvalue weighted by Crippen LogP contribution is 2.18. The average molecular weight is 220 g/mol. The van der Waals surface area contributed by atoms with Crippen LogP contribution in [0.15, 0.2) is 24.3 Å². The van der Waals surface area contributed by atoms with Gasteiger partial charge in [-0.05, 0) is 18.1 Å². The Morgan fingerprint density at radius 3 is 2.81 bits per heavy atom. The zero-order chi connectivity index (χ0) is 12.1. The highest BCUT2D eigenvalue weighted by Gasteiger charge is 2.06. The molecule has 0 bridgehead atoms. The molecule has 1 amide bonds. The molecule has 0 spiro atoms. The Kier molecular flexibility index (Phi) is 3.77. The first-order valence-corrected chi connectivity index (χ1v) is 4.70. The van der Waals surface area contributed by atoms with Gasteiger partial charge in [0.1, 0.15) is 0 Å². The van der Waals surface area contributed by atoms with E-state index in [0.29, 0.717) is 0 Å². The van der Waals surface area contributed by atoms with Gasteiger partial charge in [0, 0.05) is 18.6 Å². The van der Waals surface area contributed by atoms with E-state index >= 15 is 0 Å². The van der Waals surface area contributed by atoms with E-state index in [0.717, 1.165) is 11.1 Å². The molecule has 0 fully saturated rings. The number of nitrogens with two attached hydrogens (primary N) is 1. The van der Waals surface area contributed by atoms with E-state index in [1.165, 1.54) is 12.1 Å². The molecule has 5 nitrogen and oxygen atoms in total. The van der Waals surface area contributed by atoms with Gasteiger partial charge >= 0.3 is 0 Å². The van der Waals surface area contributed by atoms with Gasteiger partial charge in [0.2, 0.25) is 5.91 Å². The van der Waals surface area contributed by atoms with Crippen molar-refractivity contribution in [1.82, 2.24) is 0 Å². The van der Waals surface area contributed by atoms with Crippen LogP contribution in [0.3, 0.4) is 0 Å². The number of nitro benzene ring substituents is 1. The second-order valence-corrected chi connectivity index (χ2v) is 3.37. The van der Waals surface area contributed by atoms with Crippen molar-refractivity contribution < 1.29 is 9.72 Å². The van der Waals surface area contributed by atoms with Crippen LogP contribution < -0.4 is 5.73 Å². The summed E-state index contributed by atoms with van der Waals surface area (Å²) in [6.45, 7) is 1.84. The fourth-order valence-corrected chi connectivity index (χ4v) is 1.22. The molecule has 1 rings (SSSR count). The summed E-state index contributed by atoms with van der Waals surface area (Å²) in [4.78, 5) is 20.6. The van der Waals surface area contributed by atoms with Crippen molar-refractivity contribution in [2.45, 2.75) is 13.3 Å². The number of non-ortho nitro benzene ring substituents is 1. The van der Waals surface area contributed by atoms with Crippen LogP contribution in [-0.2, 0) is 4.79 Å². The number of rotatable bonds is 4. The van der Waals surface area contributed by atoms with Crippen LogP contribution in [0.1, 0.15) is 17.5 Å². The molecule has 0 aliphatic rings. The van der Waals surface area contributed by atoms with Gasteiger partial charge in [-0.1, -0.05) is 18.2 Å². The predicted octanol–water partition coefficient (Wildman–Crippen LogP) is 1.79. The van der Waals surface area contributed by atoms with Crippen LogP contribution in [0, 0.1) is 17.0 Å². The van der Waals surface area contributed by atoms with E-state index < -0.39 is 10.8 Å². The zero-order valence-corrected chi connectivity index (χ0v) is 8.84. The smallest absolute Gasteiger partial charge is 0.270 e. The predicted molar refractivity (Wildman–Crippen MR) is 60.7 cm³/mol. The van der Waals surface area contributed by atoms with Crippen molar-refractivity contribution in [2.75, 3.05) is 0 Å². The van der Waals surface area contributed by atoms with Crippen LogP contribution in [0.2, 0.25) is 0 Å². The first-order chi connectivity index (χ1) is 7.50. The van der Waals surface area contributed by atoms with Crippen molar-refractivity contribution in [3.63, 3.8) is 0 Å². The maximum Gasteiger partial charge on any atom is 0.270 e. The third-order valence-corrected chi connectivity index (χ3v) is 2.09. The number of carbonyl (C=O) groups is 1. The summed E-state index contributed by atoms with van der Waals surface area (Å²) in [6, 6.07) is 4.58. The highest BCUT2D eigenvalue weighted by molar-refractivity contribution is 5.76. The summed E-state index contributed by atoms with van der Waals surface area (Å²) in [5.41, 5.74) is 6.63. The van der Waals surface area contributed by atoms with E-state index in [9.17, 15) is 14.9 Å². The van der Waals surface area contributed by atoms with Crippen LogP contribution in [0.4, 0.5) is 5.69 Å². The Bertz CT molecular complexity index is 453. The molecule has 0 unspecified atom stereocenters. The van der Waals surface area contributed by atoms with Crippen molar-refractivity contribution in [1.29, 1.82) is 0 Å². The Hall–Kier alpha value is -2.17. The highest BCUT2D eigenvalue weighted by atomic mass is 16.6. The van der Waals surface area contributed by atoms with Crippen LogP contribution >= 0.6 is 0 Å². The number of aryl methyl sites for hydroxylation is 1. The Morgan fingerprint density at radius 2 is 2.25 bits per heavy atom. The van der Waals surface area contributed by atoms with Crippen molar-refractivity contribution >= 4 is 17.7 Å². The number of nitrogens with zero attached hydrogens (tertiary/aromatic N) is 1. The molecule has 0 aliphatic heterocycles. The lowest BCUT2D eigenvalue weighted by molar-refractivity contribution is -0.384. The second kappa shape index (κ2) is 5.06. The monoisotopic (exact) mass is 220 g/mol. The number of hydrogen-bond acceptors (Lipinski definition) is 3. The van der Waals surface area contributed by atoms with E-state index in [2.05, 4.69) is 0 Å². The lowest BCUT2D eigenvalue weighted by Gasteiger charge is -1.99. The Morgan fingerprint density at radius 1 is 1.56 bits per heavy atom. The molecule has 0 heterocycles. The molecule has 5 heteroatoms. The van der Waals surface area contributed by atoms with Gasteiger partial charge < -0.3 is 5.73 Å². The molecule has 16 heavy (non-hydrogen) atoms. The standard InChI is InChI=1S/C11H12N2O3/c1-8-5-6-10(13(15)16)7-9(8)3-2-4-11(12)14/h2-3,5-7H,4H2,1H3,(H2,12,14). The SMILES string of the molecule is Cc1ccc([N+](=O)[O-])cc1C=CCC(N)=O. The molecule has 0 radical (unpaired) electrons. The van der Waals surface area contributed by atoms with E-state index in [-0.39, 0.29) is 12.1 Å². The molecule has 1 aromatic rings. The maximum absolute atomic E-state index is 10.6. The van der Waals surface area contributed by atoms with Crippen molar-refractivity contribution in [3.8, 4) is 0 Å². The molecule has 2 N–H and O–H groups in total. The number of benzene rings is 1. The van der Waals surface area contributed by atoms with Gasteiger partial charge in [0.25, 0.3) is 5.69 Å². The van der Waals surface area contributed by atoms with Gasteiger partial charge in [-0.3, -0.25) is 14.9 Å². The molecule has 0 atom stereocenters. The molecule has 0 saturated heterocycles. The quantitative estimate of drug-likeness (QED) is 0.619. The first kappa shape index (κ1) is 11.9. The molecule has 0 aliphatic carbocycles. The summed E-state index contributed by atoms with van der Waals surface area (Å²) in [5.74, 6) is -0.431. The number of amides is 1. The van der Waals surface area contributed by atoms with Gasteiger partial charge in [-0.25, -0.2) is 0 Å². The fourth-order valence-electron chi connectivity index (χ4n) is 1.22. The Labute approximate surface area is 92.7 Å². The van der Waals surface area contributed by atoms with E-state index in [1.807, 2.05) is 6.92 Å². The van der Waals surface area contributed by atoms with Gasteiger partial charge in [0.15, 0.2) is 0 Å². The lowest BCUT2D eigenvalue weighted by Crippen LogP contribution is -2.07. The second-order valence-electron chi connectivity index (χ2n) is 3.37. The van der Waals surface area contributed by atoms with Crippen LogP contribution in [0.25, 0.3) is 6.08 Å². The molecule has 0 aromatic heterocycles. The van der Waals surface area contributed by atoms with Crippen LogP contribution in [0.5, 0.6) is 0 Å². The minimum absolute atomic E-state index is 0.0318. The maximum atomic E-state index is 10.6. The van der Waals surface area contributed by atoms with Gasteiger partial charge in [-0.2, -0.15) is 0 Å². The molecule has 0 saturated carbocycles. The van der Waals surface area contributed by atoms with Crippen molar-refractivity contribution in [3.05, 3.63) is 45.5 Å². The summed E-state index contributed by atoms with van der Waals surface area (Å²) in [5, 5.41) is 10.6. The first-order valence-electron chi connectivity index (χ1n) is 4.70. The largest absolute Gasteiger partial charge is 0.369 e. The minimum atomic E-state index is -0.454.